The molecule has 1 heterocycles. The molecule has 4 nitrogen and oxygen atoms in total. The van der Waals surface area contributed by atoms with Crippen LogP contribution in [0.1, 0.15) is 18.5 Å². The predicted molar refractivity (Wildman–Crippen MR) is 70.5 cm³/mol. The van der Waals surface area contributed by atoms with Crippen molar-refractivity contribution in [3.63, 3.8) is 0 Å². The van der Waals surface area contributed by atoms with Gasteiger partial charge in [0.05, 0.1) is 12.7 Å². The Morgan fingerprint density at radius 1 is 1.50 bits per heavy atom. The molecule has 0 aliphatic rings. The Hall–Kier alpha value is -1.27. The van der Waals surface area contributed by atoms with Crippen molar-refractivity contribution in [1.29, 1.82) is 0 Å². The monoisotopic (exact) mass is 312 g/mol. The van der Waals surface area contributed by atoms with Crippen molar-refractivity contribution in [1.82, 2.24) is 20.3 Å². The first kappa shape index (κ1) is 13.2. The Morgan fingerprint density at radius 3 is 3.00 bits per heavy atom. The van der Waals surface area contributed by atoms with E-state index in [1.54, 1.807) is 23.1 Å². The maximum atomic E-state index is 13.7. The lowest BCUT2D eigenvalue weighted by molar-refractivity contribution is 0.483. The second-order valence-corrected chi connectivity index (χ2v) is 4.92. The lowest BCUT2D eigenvalue weighted by Crippen LogP contribution is -2.24. The zero-order valence-corrected chi connectivity index (χ0v) is 11.6. The first-order chi connectivity index (χ1) is 8.66. The van der Waals surface area contributed by atoms with Crippen molar-refractivity contribution in [3.8, 4) is 0 Å². The zero-order chi connectivity index (χ0) is 13.0. The Bertz CT molecular complexity index is 501. The van der Waals surface area contributed by atoms with Crippen LogP contribution in [0.15, 0.2) is 35.1 Å². The van der Waals surface area contributed by atoms with Crippen LogP contribution in [-0.2, 0) is 6.54 Å². The average molecular weight is 313 g/mol. The normalized spacial score (nSPS) is 12.6. The summed E-state index contributed by atoms with van der Waals surface area (Å²) in [5.74, 6) is -0.204. The summed E-state index contributed by atoms with van der Waals surface area (Å²) >= 11 is 3.25. The number of hydrogen-bond acceptors (Lipinski definition) is 3. The van der Waals surface area contributed by atoms with E-state index >= 15 is 0 Å². The van der Waals surface area contributed by atoms with E-state index < -0.39 is 0 Å². The second kappa shape index (κ2) is 6.06. The maximum Gasteiger partial charge on any atom is 0.129 e. The van der Waals surface area contributed by atoms with Crippen LogP contribution in [0.5, 0.6) is 0 Å². The second-order valence-electron chi connectivity index (χ2n) is 4.01. The van der Waals surface area contributed by atoms with Crippen LogP contribution in [0.25, 0.3) is 0 Å². The van der Waals surface area contributed by atoms with E-state index in [0.717, 1.165) is 4.47 Å². The van der Waals surface area contributed by atoms with Gasteiger partial charge in [-0.25, -0.2) is 4.39 Å². The highest BCUT2D eigenvalue weighted by molar-refractivity contribution is 9.10. The standard InChI is InChI=1S/C12H14BrFN4/c1-9(11-3-2-10(13)8-12(11)14)15-4-6-18-7-5-16-17-18/h2-3,5,7-9,15H,4,6H2,1H3. The largest absolute Gasteiger partial charge is 0.308 e. The van der Waals surface area contributed by atoms with Crippen molar-refractivity contribution in [3.05, 3.63) is 46.4 Å². The Kier molecular flexibility index (Phi) is 4.43. The molecular formula is C12H14BrFN4. The molecule has 1 unspecified atom stereocenters. The lowest BCUT2D eigenvalue weighted by Gasteiger charge is -2.15. The summed E-state index contributed by atoms with van der Waals surface area (Å²) in [6.45, 7) is 3.36. The number of hydrogen-bond donors (Lipinski definition) is 1. The van der Waals surface area contributed by atoms with Crippen LogP contribution in [0.3, 0.4) is 0 Å². The van der Waals surface area contributed by atoms with E-state index in [1.807, 2.05) is 13.0 Å². The van der Waals surface area contributed by atoms with Gasteiger partial charge in [-0.2, -0.15) is 0 Å². The van der Waals surface area contributed by atoms with Crippen LogP contribution < -0.4 is 5.32 Å². The number of rotatable bonds is 5. The van der Waals surface area contributed by atoms with E-state index in [0.29, 0.717) is 18.7 Å². The highest BCUT2D eigenvalue weighted by Gasteiger charge is 2.10. The van der Waals surface area contributed by atoms with E-state index in [9.17, 15) is 4.39 Å². The summed E-state index contributed by atoms with van der Waals surface area (Å²) in [5, 5.41) is 10.8. The summed E-state index contributed by atoms with van der Waals surface area (Å²) < 4.78 is 16.2. The van der Waals surface area contributed by atoms with Crippen molar-refractivity contribution in [2.45, 2.75) is 19.5 Å². The van der Waals surface area contributed by atoms with Gasteiger partial charge < -0.3 is 5.32 Å². The van der Waals surface area contributed by atoms with Gasteiger partial charge >= 0.3 is 0 Å². The summed E-state index contributed by atoms with van der Waals surface area (Å²) in [6, 6.07) is 5.06. The molecule has 0 fully saturated rings. The summed E-state index contributed by atoms with van der Waals surface area (Å²) in [7, 11) is 0. The number of halogens is 2. The Morgan fingerprint density at radius 2 is 2.33 bits per heavy atom. The SMILES string of the molecule is CC(NCCn1ccnn1)c1ccc(Br)cc1F. The number of nitrogens with zero attached hydrogens (tertiary/aromatic N) is 3. The molecule has 1 atom stereocenters. The zero-order valence-electron chi connectivity index (χ0n) is 9.98. The van der Waals surface area contributed by atoms with Crippen LogP contribution in [0.4, 0.5) is 4.39 Å². The minimum absolute atomic E-state index is 0.0402. The Labute approximate surface area is 113 Å². The third kappa shape index (κ3) is 3.36. The molecule has 6 heteroatoms. The van der Waals surface area contributed by atoms with Crippen LogP contribution in [0, 0.1) is 5.82 Å². The predicted octanol–water partition coefficient (Wildman–Crippen LogP) is 2.53. The average Bonchev–Trinajstić information content (AvgIpc) is 2.81. The first-order valence-corrected chi connectivity index (χ1v) is 6.48. The van der Waals surface area contributed by atoms with Gasteiger partial charge in [0.2, 0.25) is 0 Å². The molecule has 2 rings (SSSR count). The molecule has 0 spiro atoms. The highest BCUT2D eigenvalue weighted by atomic mass is 79.9. The minimum Gasteiger partial charge on any atom is -0.308 e. The molecule has 0 saturated carbocycles. The van der Waals surface area contributed by atoms with Crippen molar-refractivity contribution >= 4 is 15.9 Å². The molecule has 0 amide bonds. The van der Waals surface area contributed by atoms with Gasteiger partial charge in [-0.05, 0) is 19.1 Å². The van der Waals surface area contributed by atoms with Gasteiger partial charge in [0, 0.05) is 28.8 Å². The molecule has 0 bridgehead atoms. The molecule has 1 aromatic carbocycles. The lowest BCUT2D eigenvalue weighted by atomic mass is 10.1. The third-order valence-corrected chi connectivity index (χ3v) is 3.19. The summed E-state index contributed by atoms with van der Waals surface area (Å²) in [6.07, 6.45) is 3.43. The molecule has 0 aliphatic heterocycles. The fraction of sp³-hybridized carbons (Fsp3) is 0.333. The number of aromatic nitrogens is 3. The van der Waals surface area contributed by atoms with Crippen molar-refractivity contribution in [2.75, 3.05) is 6.54 Å². The quantitative estimate of drug-likeness (QED) is 0.922. The molecule has 18 heavy (non-hydrogen) atoms. The topological polar surface area (TPSA) is 42.7 Å². The van der Waals surface area contributed by atoms with Gasteiger partial charge in [-0.3, -0.25) is 4.68 Å². The van der Waals surface area contributed by atoms with Gasteiger partial charge in [-0.15, -0.1) is 5.10 Å². The number of nitrogens with one attached hydrogen (secondary N) is 1. The van der Waals surface area contributed by atoms with Gasteiger partial charge in [-0.1, -0.05) is 27.2 Å². The Balaban J connectivity index is 1.89. The molecule has 2 aromatic rings. The molecule has 1 aromatic heterocycles. The molecular weight excluding hydrogens is 299 g/mol. The smallest absolute Gasteiger partial charge is 0.129 e. The van der Waals surface area contributed by atoms with E-state index in [4.69, 9.17) is 0 Å². The molecule has 0 radical (unpaired) electrons. The van der Waals surface area contributed by atoms with Gasteiger partial charge in [0.15, 0.2) is 0 Å². The molecule has 1 N–H and O–H groups in total. The van der Waals surface area contributed by atoms with Crippen LogP contribution in [-0.4, -0.2) is 21.5 Å². The number of benzene rings is 1. The highest BCUT2D eigenvalue weighted by Crippen LogP contribution is 2.20. The van der Waals surface area contributed by atoms with E-state index in [-0.39, 0.29) is 11.9 Å². The van der Waals surface area contributed by atoms with Crippen molar-refractivity contribution < 1.29 is 4.39 Å². The molecule has 96 valence electrons. The van der Waals surface area contributed by atoms with E-state index in [2.05, 4.69) is 31.6 Å². The first-order valence-electron chi connectivity index (χ1n) is 5.69. The van der Waals surface area contributed by atoms with Gasteiger partial charge in [0.1, 0.15) is 5.82 Å². The van der Waals surface area contributed by atoms with Crippen LogP contribution >= 0.6 is 15.9 Å². The molecule has 0 aliphatic carbocycles. The van der Waals surface area contributed by atoms with Crippen molar-refractivity contribution in [2.24, 2.45) is 0 Å². The summed E-state index contributed by atoms with van der Waals surface area (Å²) in [4.78, 5) is 0. The summed E-state index contributed by atoms with van der Waals surface area (Å²) in [5.41, 5.74) is 0.664. The maximum absolute atomic E-state index is 13.7. The van der Waals surface area contributed by atoms with E-state index in [1.165, 1.54) is 6.07 Å². The molecule has 0 saturated heterocycles. The fourth-order valence-corrected chi connectivity index (χ4v) is 2.04. The fourth-order valence-electron chi connectivity index (χ4n) is 1.71. The van der Waals surface area contributed by atoms with Gasteiger partial charge in [0.25, 0.3) is 0 Å². The third-order valence-electron chi connectivity index (χ3n) is 2.69. The minimum atomic E-state index is -0.204. The van der Waals surface area contributed by atoms with Crippen LogP contribution in [0.2, 0.25) is 0 Å².